The third kappa shape index (κ3) is 14.6. The molecule has 0 fully saturated rings. The maximum absolute atomic E-state index is 12.5. The predicted molar refractivity (Wildman–Crippen MR) is 147 cm³/mol. The van der Waals surface area contributed by atoms with Crippen molar-refractivity contribution in [2.45, 2.75) is 123 Å². The maximum Gasteiger partial charge on any atom is 0.328 e. The third-order valence-electron chi connectivity index (χ3n) is 6.54. The second-order valence-electron chi connectivity index (χ2n) is 9.69. The predicted octanol–water partition coefficient (Wildman–Crippen LogP) is 7.07. The molecule has 0 bridgehead atoms. The van der Waals surface area contributed by atoms with Crippen LogP contribution in [0.15, 0.2) is 18.2 Å². The summed E-state index contributed by atoms with van der Waals surface area (Å²) < 4.78 is 10.1. The third-order valence-corrected chi connectivity index (χ3v) is 6.54. The van der Waals surface area contributed by atoms with Crippen LogP contribution in [0.4, 0.5) is 5.69 Å². The molecule has 0 heterocycles. The van der Waals surface area contributed by atoms with E-state index in [1.165, 1.54) is 89.9 Å². The topological polar surface area (TPSA) is 108 Å². The number of ether oxygens (including phenoxy) is 2. The molecule has 1 aromatic rings. The molecule has 0 aliphatic heterocycles. The standard InChI is InChI=1S/C29H48N2O6/c1-4-6-7-8-9-10-11-12-13-14-15-16-17-18-19-28(32)30-25(29(33)37-5-2)22-24-20-21-27(36-3)26(23-24)31(34)35/h20-21,23,25H,4-19,22H2,1-3H3,(H,30,32)/t25-/m1/s1. The number of carbonyl (C=O) groups is 2. The van der Waals surface area contributed by atoms with Gasteiger partial charge in [0, 0.05) is 18.9 Å². The van der Waals surface area contributed by atoms with E-state index in [0.717, 1.165) is 19.3 Å². The van der Waals surface area contributed by atoms with Crippen LogP contribution in [0.25, 0.3) is 0 Å². The highest BCUT2D eigenvalue weighted by Crippen LogP contribution is 2.28. The Morgan fingerprint density at radius 2 is 1.43 bits per heavy atom. The van der Waals surface area contributed by atoms with E-state index in [2.05, 4.69) is 12.2 Å². The van der Waals surface area contributed by atoms with Crippen molar-refractivity contribution in [3.05, 3.63) is 33.9 Å². The van der Waals surface area contributed by atoms with E-state index in [0.29, 0.717) is 12.0 Å². The van der Waals surface area contributed by atoms with Crippen LogP contribution in [0.2, 0.25) is 0 Å². The van der Waals surface area contributed by atoms with Gasteiger partial charge in [0.15, 0.2) is 5.75 Å². The molecule has 0 saturated carbocycles. The molecular formula is C29H48N2O6. The number of nitro groups is 1. The Bertz CT molecular complexity index is 799. The van der Waals surface area contributed by atoms with Crippen molar-refractivity contribution in [3.8, 4) is 5.75 Å². The normalized spacial score (nSPS) is 11.6. The molecule has 8 nitrogen and oxygen atoms in total. The number of nitrogens with zero attached hydrogens (tertiary/aromatic N) is 1. The number of benzene rings is 1. The van der Waals surface area contributed by atoms with Crippen molar-refractivity contribution >= 4 is 17.6 Å². The number of rotatable bonds is 22. The van der Waals surface area contributed by atoms with Gasteiger partial charge in [-0.3, -0.25) is 14.9 Å². The molecule has 1 atom stereocenters. The van der Waals surface area contributed by atoms with Crippen molar-refractivity contribution in [1.29, 1.82) is 0 Å². The maximum atomic E-state index is 12.5. The van der Waals surface area contributed by atoms with Crippen molar-refractivity contribution < 1.29 is 24.0 Å². The highest BCUT2D eigenvalue weighted by Gasteiger charge is 2.24. The Labute approximate surface area is 223 Å². The van der Waals surface area contributed by atoms with Gasteiger partial charge in [0.25, 0.3) is 0 Å². The molecule has 0 saturated heterocycles. The zero-order valence-electron chi connectivity index (χ0n) is 23.2. The van der Waals surface area contributed by atoms with Crippen molar-refractivity contribution in [2.24, 2.45) is 0 Å². The van der Waals surface area contributed by atoms with Gasteiger partial charge in [-0.25, -0.2) is 4.79 Å². The van der Waals surface area contributed by atoms with E-state index in [9.17, 15) is 19.7 Å². The quantitative estimate of drug-likeness (QED) is 0.0758. The van der Waals surface area contributed by atoms with Gasteiger partial charge in [-0.1, -0.05) is 96.5 Å². The molecule has 0 aromatic heterocycles. The highest BCUT2D eigenvalue weighted by molar-refractivity contribution is 5.84. The summed E-state index contributed by atoms with van der Waals surface area (Å²) in [5, 5.41) is 14.1. The summed E-state index contributed by atoms with van der Waals surface area (Å²) >= 11 is 0. The Balaban J connectivity index is 2.32. The zero-order chi connectivity index (χ0) is 27.3. The van der Waals surface area contributed by atoms with Gasteiger partial charge in [-0.15, -0.1) is 0 Å². The van der Waals surface area contributed by atoms with E-state index in [4.69, 9.17) is 9.47 Å². The number of methoxy groups -OCH3 is 1. The summed E-state index contributed by atoms with van der Waals surface area (Å²) in [4.78, 5) is 35.7. The first kappa shape index (κ1) is 32.4. The van der Waals surface area contributed by atoms with Gasteiger partial charge in [0.1, 0.15) is 6.04 Å². The summed E-state index contributed by atoms with van der Waals surface area (Å²) in [6.07, 6.45) is 17.9. The van der Waals surface area contributed by atoms with Crippen LogP contribution >= 0.6 is 0 Å². The Morgan fingerprint density at radius 3 is 1.92 bits per heavy atom. The van der Waals surface area contributed by atoms with Gasteiger partial charge in [-0.2, -0.15) is 0 Å². The second-order valence-corrected chi connectivity index (χ2v) is 9.69. The van der Waals surface area contributed by atoms with E-state index in [1.54, 1.807) is 13.0 Å². The Kier molecular flexibility index (Phi) is 17.9. The fourth-order valence-corrected chi connectivity index (χ4v) is 4.42. The molecule has 210 valence electrons. The molecule has 0 spiro atoms. The molecule has 1 amide bonds. The fourth-order valence-electron chi connectivity index (χ4n) is 4.42. The van der Waals surface area contributed by atoms with Crippen LogP contribution in [0.3, 0.4) is 0 Å². The number of hydrogen-bond acceptors (Lipinski definition) is 6. The van der Waals surface area contributed by atoms with Crippen molar-refractivity contribution in [2.75, 3.05) is 13.7 Å². The zero-order valence-corrected chi connectivity index (χ0v) is 23.2. The lowest BCUT2D eigenvalue weighted by Crippen LogP contribution is -2.43. The number of nitro benzene ring substituents is 1. The first-order valence-electron chi connectivity index (χ1n) is 14.2. The molecule has 8 heteroatoms. The molecular weight excluding hydrogens is 472 g/mol. The number of hydrogen-bond donors (Lipinski definition) is 1. The summed E-state index contributed by atoms with van der Waals surface area (Å²) in [5.74, 6) is -0.612. The lowest BCUT2D eigenvalue weighted by Gasteiger charge is -2.17. The van der Waals surface area contributed by atoms with Crippen molar-refractivity contribution in [3.63, 3.8) is 0 Å². The molecule has 0 unspecified atom stereocenters. The first-order chi connectivity index (χ1) is 17.9. The lowest BCUT2D eigenvalue weighted by atomic mass is 10.0. The molecule has 1 aromatic carbocycles. The first-order valence-corrected chi connectivity index (χ1v) is 14.2. The molecule has 1 N–H and O–H groups in total. The summed E-state index contributed by atoms with van der Waals surface area (Å²) in [7, 11) is 1.36. The van der Waals surface area contributed by atoms with Gasteiger partial charge in [-0.05, 0) is 25.0 Å². The minimum absolute atomic E-state index is 0.105. The van der Waals surface area contributed by atoms with Gasteiger partial charge >= 0.3 is 11.7 Å². The van der Waals surface area contributed by atoms with Crippen LogP contribution in [0.5, 0.6) is 5.75 Å². The smallest absolute Gasteiger partial charge is 0.328 e. The molecule has 0 aliphatic carbocycles. The molecule has 0 aliphatic rings. The monoisotopic (exact) mass is 520 g/mol. The lowest BCUT2D eigenvalue weighted by molar-refractivity contribution is -0.385. The van der Waals surface area contributed by atoms with E-state index >= 15 is 0 Å². The minimum Gasteiger partial charge on any atom is -0.490 e. The number of esters is 1. The second kappa shape index (κ2) is 20.4. The average molecular weight is 521 g/mol. The summed E-state index contributed by atoms with van der Waals surface area (Å²) in [6.45, 7) is 4.14. The summed E-state index contributed by atoms with van der Waals surface area (Å²) in [5.41, 5.74) is 0.360. The molecule has 1 rings (SSSR count). The SMILES string of the molecule is CCCCCCCCCCCCCCCCC(=O)N[C@H](Cc1ccc(OC)c([N+](=O)[O-])c1)C(=O)OCC. The number of carbonyl (C=O) groups excluding carboxylic acids is 2. The van der Waals surface area contributed by atoms with E-state index in [1.807, 2.05) is 0 Å². The molecule has 0 radical (unpaired) electrons. The van der Waals surface area contributed by atoms with E-state index in [-0.39, 0.29) is 30.4 Å². The van der Waals surface area contributed by atoms with Crippen LogP contribution in [0.1, 0.15) is 116 Å². The minimum atomic E-state index is -0.896. The summed E-state index contributed by atoms with van der Waals surface area (Å²) in [6, 6.07) is 3.61. The van der Waals surface area contributed by atoms with Gasteiger partial charge in [0.05, 0.1) is 18.6 Å². The fraction of sp³-hybridized carbons (Fsp3) is 0.724. The van der Waals surface area contributed by atoms with Crippen LogP contribution < -0.4 is 10.1 Å². The number of nitrogens with one attached hydrogen (secondary N) is 1. The van der Waals surface area contributed by atoms with Crippen molar-refractivity contribution in [1.82, 2.24) is 5.32 Å². The van der Waals surface area contributed by atoms with E-state index < -0.39 is 16.9 Å². The number of amides is 1. The van der Waals surface area contributed by atoms with Crippen LogP contribution in [-0.4, -0.2) is 36.6 Å². The largest absolute Gasteiger partial charge is 0.490 e. The van der Waals surface area contributed by atoms with Crippen LogP contribution in [0, 0.1) is 10.1 Å². The highest BCUT2D eigenvalue weighted by atomic mass is 16.6. The Morgan fingerprint density at radius 1 is 0.892 bits per heavy atom. The van der Waals surface area contributed by atoms with Crippen LogP contribution in [-0.2, 0) is 20.7 Å². The molecule has 37 heavy (non-hydrogen) atoms. The van der Waals surface area contributed by atoms with Gasteiger partial charge < -0.3 is 14.8 Å². The average Bonchev–Trinajstić information content (AvgIpc) is 2.88. The van der Waals surface area contributed by atoms with Gasteiger partial charge in [0.2, 0.25) is 5.91 Å². The Hall–Kier alpha value is -2.64. The number of unbranched alkanes of at least 4 members (excludes halogenated alkanes) is 13.